The first-order valence-electron chi connectivity index (χ1n) is 13.6. The Morgan fingerprint density at radius 1 is 1.02 bits per heavy atom. The molecule has 0 unspecified atom stereocenters. The van der Waals surface area contributed by atoms with Gasteiger partial charge in [0.05, 0.1) is 17.1 Å². The van der Waals surface area contributed by atoms with Crippen LogP contribution in [0.5, 0.6) is 0 Å². The lowest BCUT2D eigenvalue weighted by atomic mass is 10.1. The molecular weight excluding hydrogens is 601 g/mol. The quantitative estimate of drug-likeness (QED) is 0.343. The maximum Gasteiger partial charge on any atom is 0.271 e. The van der Waals surface area contributed by atoms with Crippen LogP contribution in [0.25, 0.3) is 0 Å². The summed E-state index contributed by atoms with van der Waals surface area (Å²) in [6, 6.07) is 6.26. The van der Waals surface area contributed by atoms with Crippen molar-refractivity contribution in [2.45, 2.75) is 23.8 Å². The van der Waals surface area contributed by atoms with Crippen LogP contribution in [0.3, 0.4) is 0 Å². The predicted molar refractivity (Wildman–Crippen MR) is 157 cm³/mol. The molecule has 0 spiro atoms. The van der Waals surface area contributed by atoms with Crippen LogP contribution in [-0.2, 0) is 19.6 Å². The molecule has 0 atom stereocenters. The summed E-state index contributed by atoms with van der Waals surface area (Å²) in [6.45, 7) is 0.814. The lowest BCUT2D eigenvalue weighted by Gasteiger charge is -2.31. The van der Waals surface area contributed by atoms with Crippen molar-refractivity contribution in [3.8, 4) is 0 Å². The molecule has 3 N–H and O–H groups in total. The van der Waals surface area contributed by atoms with Crippen molar-refractivity contribution in [3.63, 3.8) is 0 Å². The summed E-state index contributed by atoms with van der Waals surface area (Å²) in [5.74, 6) is -6.23. The third-order valence-electron chi connectivity index (χ3n) is 6.77. The molecule has 0 aliphatic carbocycles. The van der Waals surface area contributed by atoms with Crippen molar-refractivity contribution in [1.29, 1.82) is 0 Å². The van der Waals surface area contributed by atoms with E-state index in [0.29, 0.717) is 24.4 Å². The highest BCUT2D eigenvalue weighted by atomic mass is 32.2. The highest BCUT2D eigenvalue weighted by Crippen LogP contribution is 2.24. The molecule has 234 valence electrons. The third kappa shape index (κ3) is 7.98. The van der Waals surface area contributed by atoms with Crippen molar-refractivity contribution in [1.82, 2.24) is 19.8 Å². The van der Waals surface area contributed by atoms with Gasteiger partial charge in [0.15, 0.2) is 0 Å². The Hall–Kier alpha value is -4.34. The minimum absolute atomic E-state index is 0.00918. The second-order valence-electron chi connectivity index (χ2n) is 10.3. The van der Waals surface area contributed by atoms with Gasteiger partial charge in [0.1, 0.15) is 28.7 Å². The van der Waals surface area contributed by atoms with Crippen molar-refractivity contribution < 1.29 is 36.0 Å². The molecule has 15 heteroatoms. The van der Waals surface area contributed by atoms with Crippen LogP contribution < -0.4 is 16.0 Å². The van der Waals surface area contributed by atoms with E-state index in [-0.39, 0.29) is 48.8 Å². The van der Waals surface area contributed by atoms with Crippen LogP contribution in [0.1, 0.15) is 23.2 Å². The molecule has 1 fully saturated rings. The van der Waals surface area contributed by atoms with E-state index in [4.69, 9.17) is 0 Å². The fourth-order valence-corrected chi connectivity index (χ4v) is 6.11. The van der Waals surface area contributed by atoms with Crippen LogP contribution in [0, 0.1) is 17.5 Å². The van der Waals surface area contributed by atoms with E-state index in [9.17, 15) is 36.0 Å². The van der Waals surface area contributed by atoms with Gasteiger partial charge in [-0.1, -0.05) is 12.1 Å². The summed E-state index contributed by atoms with van der Waals surface area (Å²) in [5.41, 5.74) is -0.897. The van der Waals surface area contributed by atoms with E-state index < -0.39 is 56.8 Å². The second-order valence-corrected chi connectivity index (χ2v) is 12.3. The number of anilines is 1. The fourth-order valence-electron chi connectivity index (χ4n) is 4.59. The number of sulfonamides is 1. The van der Waals surface area contributed by atoms with Gasteiger partial charge < -0.3 is 20.9 Å². The zero-order valence-electron chi connectivity index (χ0n) is 23.9. The Bertz CT molecular complexity index is 1630. The summed E-state index contributed by atoms with van der Waals surface area (Å²) in [5, 5.41) is 7.66. The number of rotatable bonds is 10. The smallest absolute Gasteiger partial charge is 0.271 e. The molecule has 2 aromatic carbocycles. The van der Waals surface area contributed by atoms with Crippen molar-refractivity contribution >= 4 is 39.1 Å². The SMILES string of the molecule is CN(C)C/C=C/C(=O)Nc1cccc(S(=O)(=O)N2CCC(NC(=O)C3=NCC=C3NC(=O)c3c(F)cc(F)cc3F)CC2)c1. The van der Waals surface area contributed by atoms with Crippen LogP contribution in [0.15, 0.2) is 70.2 Å². The van der Waals surface area contributed by atoms with Crippen LogP contribution >= 0.6 is 0 Å². The molecule has 3 amide bonds. The Morgan fingerprint density at radius 3 is 2.36 bits per heavy atom. The average molecular weight is 633 g/mol. The molecule has 44 heavy (non-hydrogen) atoms. The van der Waals surface area contributed by atoms with Gasteiger partial charge in [-0.05, 0) is 51.2 Å². The molecule has 0 saturated carbocycles. The predicted octanol–water partition coefficient (Wildman–Crippen LogP) is 2.20. The van der Waals surface area contributed by atoms with Gasteiger partial charge in [0.2, 0.25) is 15.9 Å². The number of carbonyl (C=O) groups is 3. The Kier molecular flexibility index (Phi) is 10.3. The van der Waals surface area contributed by atoms with E-state index in [1.165, 1.54) is 34.7 Å². The van der Waals surface area contributed by atoms with Crippen LogP contribution in [-0.4, -0.2) is 87.4 Å². The standard InChI is InChI=1S/C29H31F3N6O5S/c1-37(2)12-4-7-25(39)34-20-5-3-6-21(17-20)44(42,43)38-13-9-19(10-14-38)35-29(41)27-24(8-11-33-27)36-28(40)26-22(31)15-18(30)16-23(26)32/h3-8,15-17,19H,9-14H2,1-2H3,(H,34,39)(H,35,41)(H,36,40)/b7-4+. The van der Waals surface area contributed by atoms with Crippen LogP contribution in [0.4, 0.5) is 18.9 Å². The third-order valence-corrected chi connectivity index (χ3v) is 8.66. The van der Waals surface area contributed by atoms with Crippen molar-refractivity contribution in [3.05, 3.63) is 83.3 Å². The summed E-state index contributed by atoms with van der Waals surface area (Å²) in [7, 11) is -0.173. The maximum absolute atomic E-state index is 14.0. The molecule has 4 rings (SSSR count). The topological polar surface area (TPSA) is 140 Å². The number of hydrogen-bond donors (Lipinski definition) is 3. The van der Waals surface area contributed by atoms with E-state index in [2.05, 4.69) is 20.9 Å². The summed E-state index contributed by atoms with van der Waals surface area (Å²) < 4.78 is 69.1. The maximum atomic E-state index is 14.0. The van der Waals surface area contributed by atoms with E-state index in [1.54, 1.807) is 12.1 Å². The minimum atomic E-state index is -3.89. The highest BCUT2D eigenvalue weighted by molar-refractivity contribution is 7.89. The summed E-state index contributed by atoms with van der Waals surface area (Å²) >= 11 is 0. The molecule has 2 aromatic rings. The van der Waals surface area contributed by atoms with Gasteiger partial charge in [0.25, 0.3) is 11.8 Å². The van der Waals surface area contributed by atoms with Gasteiger partial charge in [0, 0.05) is 49.6 Å². The van der Waals surface area contributed by atoms with Crippen molar-refractivity contribution in [2.24, 2.45) is 4.99 Å². The number of amides is 3. The lowest BCUT2D eigenvalue weighted by Crippen LogP contribution is -2.48. The summed E-state index contributed by atoms with van der Waals surface area (Å²) in [6.07, 6.45) is 5.00. The average Bonchev–Trinajstić information content (AvgIpc) is 3.41. The Morgan fingerprint density at radius 2 is 1.70 bits per heavy atom. The first-order valence-corrected chi connectivity index (χ1v) is 15.0. The molecule has 11 nitrogen and oxygen atoms in total. The number of benzene rings is 2. The largest absolute Gasteiger partial charge is 0.348 e. The van der Waals surface area contributed by atoms with Crippen LogP contribution in [0.2, 0.25) is 0 Å². The lowest BCUT2D eigenvalue weighted by molar-refractivity contribution is -0.115. The zero-order chi connectivity index (χ0) is 32.0. The number of nitrogens with zero attached hydrogens (tertiary/aromatic N) is 3. The molecule has 1 saturated heterocycles. The van der Waals surface area contributed by atoms with Gasteiger partial charge in [-0.15, -0.1) is 0 Å². The molecule has 0 bridgehead atoms. The fraction of sp³-hybridized carbons (Fsp3) is 0.310. The Labute approximate surface area is 252 Å². The molecule has 0 aromatic heterocycles. The number of carbonyl (C=O) groups excluding carboxylic acids is 3. The first kappa shape index (κ1) is 32.6. The number of hydrogen-bond acceptors (Lipinski definition) is 7. The van der Waals surface area contributed by atoms with E-state index >= 15 is 0 Å². The monoisotopic (exact) mass is 632 g/mol. The van der Waals surface area contributed by atoms with Crippen molar-refractivity contribution in [2.75, 3.05) is 45.6 Å². The number of likely N-dealkylation sites (N-methyl/N-ethyl adjacent to an activating group) is 1. The van der Waals surface area contributed by atoms with E-state index in [0.717, 1.165) is 0 Å². The minimum Gasteiger partial charge on any atom is -0.348 e. The normalized spacial score (nSPS) is 16.1. The molecule has 2 aliphatic heterocycles. The Balaban J connectivity index is 1.32. The number of aliphatic imine (C=N–C) groups is 1. The molecular formula is C29H31F3N6O5S. The van der Waals surface area contributed by atoms with Gasteiger partial charge in [-0.2, -0.15) is 4.31 Å². The summed E-state index contributed by atoms with van der Waals surface area (Å²) in [4.78, 5) is 43.5. The van der Waals surface area contributed by atoms with Gasteiger partial charge in [-0.3, -0.25) is 19.4 Å². The number of nitrogens with one attached hydrogen (secondary N) is 3. The number of piperidine rings is 1. The zero-order valence-corrected chi connectivity index (χ0v) is 24.8. The second kappa shape index (κ2) is 14.0. The van der Waals surface area contributed by atoms with E-state index in [1.807, 2.05) is 19.0 Å². The molecule has 0 radical (unpaired) electrons. The molecule has 2 aliphatic rings. The number of halogens is 3. The molecule has 2 heterocycles. The first-order chi connectivity index (χ1) is 20.8. The highest BCUT2D eigenvalue weighted by Gasteiger charge is 2.32. The van der Waals surface area contributed by atoms with Gasteiger partial charge >= 0.3 is 0 Å². The van der Waals surface area contributed by atoms with Gasteiger partial charge in [-0.25, -0.2) is 21.6 Å².